The first-order valence-corrected chi connectivity index (χ1v) is 6.42. The van der Waals surface area contributed by atoms with Crippen molar-refractivity contribution >= 4 is 17.5 Å². The largest absolute Gasteiger partial charge is 0.419 e. The van der Waals surface area contributed by atoms with Gasteiger partial charge < -0.3 is 10.1 Å². The van der Waals surface area contributed by atoms with Crippen LogP contribution in [0.4, 0.5) is 25.0 Å². The minimum Gasteiger partial charge on any atom is -0.407 e. The number of hydrogen-bond donors (Lipinski definition) is 1. The van der Waals surface area contributed by atoms with Gasteiger partial charge in [-0.05, 0) is 24.3 Å². The number of carbonyl (C=O) groups is 1. The van der Waals surface area contributed by atoms with E-state index in [9.17, 15) is 13.6 Å². The van der Waals surface area contributed by atoms with E-state index in [2.05, 4.69) is 5.32 Å². The molecule has 2 aromatic rings. The van der Waals surface area contributed by atoms with E-state index in [1.807, 2.05) is 12.1 Å². The average molecular weight is 290 g/mol. The molecular formula is C15H12F2N2O2. The lowest BCUT2D eigenvalue weighted by atomic mass is 10.2. The molecule has 0 aromatic heterocycles. The van der Waals surface area contributed by atoms with Crippen LogP contribution in [0.3, 0.4) is 0 Å². The van der Waals surface area contributed by atoms with E-state index < -0.39 is 23.5 Å². The Morgan fingerprint density at radius 1 is 1.19 bits per heavy atom. The number of halogens is 2. The fraction of sp³-hybridized carbons (Fsp3) is 0.133. The summed E-state index contributed by atoms with van der Waals surface area (Å²) in [5, 5.41) is 3.15. The fourth-order valence-electron chi connectivity index (χ4n) is 2.18. The molecule has 108 valence electrons. The number of ether oxygens (including phenoxy) is 1. The van der Waals surface area contributed by atoms with Crippen LogP contribution in [0.5, 0.6) is 5.75 Å². The van der Waals surface area contributed by atoms with Crippen molar-refractivity contribution in [2.75, 3.05) is 23.3 Å². The summed E-state index contributed by atoms with van der Waals surface area (Å²) in [6.45, 7) is 0.935. The first-order chi connectivity index (χ1) is 10.1. The molecule has 0 radical (unpaired) electrons. The Hall–Kier alpha value is -2.63. The Balaban J connectivity index is 1.85. The van der Waals surface area contributed by atoms with Crippen molar-refractivity contribution in [3.05, 3.63) is 54.1 Å². The summed E-state index contributed by atoms with van der Waals surface area (Å²) in [4.78, 5) is 13.6. The number of nitrogens with one attached hydrogen (secondary N) is 1. The molecule has 6 heteroatoms. The lowest BCUT2D eigenvalue weighted by Crippen LogP contribution is -2.40. The quantitative estimate of drug-likeness (QED) is 0.875. The molecule has 1 aliphatic heterocycles. The van der Waals surface area contributed by atoms with Crippen LogP contribution in [0.2, 0.25) is 0 Å². The van der Waals surface area contributed by atoms with Gasteiger partial charge in [0.1, 0.15) is 5.82 Å². The molecule has 1 heterocycles. The highest BCUT2D eigenvalue weighted by Gasteiger charge is 2.24. The number of anilines is 2. The number of rotatable bonds is 1. The summed E-state index contributed by atoms with van der Waals surface area (Å²) in [5.41, 5.74) is 1.44. The molecule has 0 aliphatic carbocycles. The first kappa shape index (κ1) is 13.4. The van der Waals surface area contributed by atoms with Gasteiger partial charge in [0.2, 0.25) is 0 Å². The van der Waals surface area contributed by atoms with Gasteiger partial charge in [-0.15, -0.1) is 0 Å². The van der Waals surface area contributed by atoms with E-state index in [1.54, 1.807) is 12.1 Å². The molecule has 1 N–H and O–H groups in total. The Morgan fingerprint density at radius 3 is 2.86 bits per heavy atom. The smallest absolute Gasteiger partial charge is 0.407 e. The van der Waals surface area contributed by atoms with Crippen LogP contribution < -0.4 is 15.0 Å². The molecule has 0 unspecified atom stereocenters. The average Bonchev–Trinajstić information content (AvgIpc) is 2.50. The van der Waals surface area contributed by atoms with Crippen LogP contribution in [-0.2, 0) is 0 Å². The fourth-order valence-corrected chi connectivity index (χ4v) is 2.18. The van der Waals surface area contributed by atoms with E-state index in [1.165, 1.54) is 4.90 Å². The minimum atomic E-state index is -0.784. The van der Waals surface area contributed by atoms with Crippen molar-refractivity contribution in [1.29, 1.82) is 0 Å². The maximum Gasteiger partial charge on any atom is 0.419 e. The van der Waals surface area contributed by atoms with Crippen LogP contribution in [-0.4, -0.2) is 19.2 Å². The van der Waals surface area contributed by atoms with Gasteiger partial charge in [-0.1, -0.05) is 12.1 Å². The molecule has 21 heavy (non-hydrogen) atoms. The van der Waals surface area contributed by atoms with Crippen LogP contribution >= 0.6 is 0 Å². The second-order valence-corrected chi connectivity index (χ2v) is 4.54. The predicted molar refractivity (Wildman–Crippen MR) is 74.7 cm³/mol. The maximum absolute atomic E-state index is 13.5. The lowest BCUT2D eigenvalue weighted by Gasteiger charge is -2.29. The molecule has 4 nitrogen and oxygen atoms in total. The molecule has 1 amide bonds. The van der Waals surface area contributed by atoms with Crippen LogP contribution in [0.15, 0.2) is 42.5 Å². The SMILES string of the molecule is O=C(Oc1cc(F)ccc1F)N1CCNc2ccccc21. The van der Waals surface area contributed by atoms with Crippen LogP contribution in [0.1, 0.15) is 0 Å². The summed E-state index contributed by atoms with van der Waals surface area (Å²) < 4.78 is 31.6. The maximum atomic E-state index is 13.5. The van der Waals surface area contributed by atoms with Gasteiger partial charge in [0.15, 0.2) is 11.6 Å². The van der Waals surface area contributed by atoms with Crippen molar-refractivity contribution in [3.63, 3.8) is 0 Å². The summed E-state index contributed by atoms with van der Waals surface area (Å²) in [6.07, 6.45) is -0.742. The zero-order valence-electron chi connectivity index (χ0n) is 11.0. The molecule has 0 atom stereocenters. The van der Waals surface area contributed by atoms with E-state index in [4.69, 9.17) is 4.74 Å². The highest BCUT2D eigenvalue weighted by atomic mass is 19.1. The van der Waals surface area contributed by atoms with Gasteiger partial charge in [-0.25, -0.2) is 13.6 Å². The van der Waals surface area contributed by atoms with Crippen molar-refractivity contribution in [2.24, 2.45) is 0 Å². The highest BCUT2D eigenvalue weighted by molar-refractivity contribution is 5.94. The number of amides is 1. The van der Waals surface area contributed by atoms with Crippen molar-refractivity contribution in [2.45, 2.75) is 0 Å². The molecule has 0 spiro atoms. The third-order valence-corrected chi connectivity index (χ3v) is 3.16. The van der Waals surface area contributed by atoms with Gasteiger partial charge in [0.05, 0.1) is 11.4 Å². The monoisotopic (exact) mass is 290 g/mol. The van der Waals surface area contributed by atoms with Gasteiger partial charge in [0.25, 0.3) is 0 Å². The van der Waals surface area contributed by atoms with Gasteiger partial charge in [0, 0.05) is 19.2 Å². The van der Waals surface area contributed by atoms with Crippen LogP contribution in [0, 0.1) is 11.6 Å². The lowest BCUT2D eigenvalue weighted by molar-refractivity contribution is 0.205. The van der Waals surface area contributed by atoms with Gasteiger partial charge >= 0.3 is 6.09 Å². The summed E-state index contributed by atoms with van der Waals surface area (Å²) >= 11 is 0. The standard InChI is InChI=1S/C15H12F2N2O2/c16-10-5-6-11(17)14(9-10)21-15(20)19-8-7-18-12-3-1-2-4-13(12)19/h1-6,9,18H,7-8H2. The molecular weight excluding hydrogens is 278 g/mol. The molecule has 1 aliphatic rings. The Kier molecular flexibility index (Phi) is 3.43. The molecule has 0 saturated carbocycles. The number of hydrogen-bond acceptors (Lipinski definition) is 3. The predicted octanol–water partition coefficient (Wildman–Crippen LogP) is 3.40. The summed E-state index contributed by atoms with van der Waals surface area (Å²) in [7, 11) is 0. The number of carbonyl (C=O) groups excluding carboxylic acids is 1. The normalized spacial score (nSPS) is 13.3. The van der Waals surface area contributed by atoms with E-state index >= 15 is 0 Å². The summed E-state index contributed by atoms with van der Waals surface area (Å²) in [6, 6.07) is 9.95. The summed E-state index contributed by atoms with van der Waals surface area (Å²) in [5.74, 6) is -1.87. The number of benzene rings is 2. The number of para-hydroxylation sites is 2. The third-order valence-electron chi connectivity index (χ3n) is 3.16. The first-order valence-electron chi connectivity index (χ1n) is 6.42. The van der Waals surface area contributed by atoms with Crippen molar-refractivity contribution in [3.8, 4) is 5.75 Å². The molecule has 2 aromatic carbocycles. The molecule has 0 bridgehead atoms. The topological polar surface area (TPSA) is 41.6 Å². The second kappa shape index (κ2) is 5.40. The van der Waals surface area contributed by atoms with Gasteiger partial charge in [-0.2, -0.15) is 0 Å². The third kappa shape index (κ3) is 2.65. The number of fused-ring (bicyclic) bond motifs is 1. The molecule has 0 fully saturated rings. The van der Waals surface area contributed by atoms with E-state index in [0.29, 0.717) is 18.8 Å². The second-order valence-electron chi connectivity index (χ2n) is 4.54. The number of nitrogens with zero attached hydrogens (tertiary/aromatic N) is 1. The zero-order valence-corrected chi connectivity index (χ0v) is 11.0. The Bertz CT molecular complexity index is 691. The minimum absolute atomic E-state index is 0.382. The van der Waals surface area contributed by atoms with Crippen LogP contribution in [0.25, 0.3) is 0 Å². The Morgan fingerprint density at radius 2 is 2.00 bits per heavy atom. The van der Waals surface area contributed by atoms with Crippen molar-refractivity contribution in [1.82, 2.24) is 0 Å². The van der Waals surface area contributed by atoms with Crippen molar-refractivity contribution < 1.29 is 18.3 Å². The Labute approximate surface area is 119 Å². The van der Waals surface area contributed by atoms with Gasteiger partial charge in [-0.3, -0.25) is 4.90 Å². The van der Waals surface area contributed by atoms with E-state index in [-0.39, 0.29) is 0 Å². The highest BCUT2D eigenvalue weighted by Crippen LogP contribution is 2.29. The molecule has 3 rings (SSSR count). The zero-order chi connectivity index (χ0) is 14.8. The van der Waals surface area contributed by atoms with E-state index in [0.717, 1.165) is 23.9 Å². The molecule has 0 saturated heterocycles.